The molecule has 0 radical (unpaired) electrons. The van der Waals surface area contributed by atoms with Crippen molar-refractivity contribution in [2.24, 2.45) is 0 Å². The van der Waals surface area contributed by atoms with Crippen LogP contribution in [0.5, 0.6) is 0 Å². The number of thioether (sulfide) groups is 1. The number of hydrogen-bond acceptors (Lipinski definition) is 2. The second-order valence-electron chi connectivity index (χ2n) is 4.83. The van der Waals surface area contributed by atoms with Crippen LogP contribution >= 0.6 is 11.8 Å². The number of benzene rings is 1. The first-order valence-corrected chi connectivity index (χ1v) is 7.26. The first kappa shape index (κ1) is 11.8. The molecular formula is C14H21NS. The van der Waals surface area contributed by atoms with Crippen LogP contribution in [0.15, 0.2) is 24.3 Å². The van der Waals surface area contributed by atoms with Crippen molar-refractivity contribution in [1.82, 2.24) is 0 Å². The molecule has 1 saturated carbocycles. The fourth-order valence-electron chi connectivity index (χ4n) is 1.80. The van der Waals surface area contributed by atoms with Crippen LogP contribution in [0.25, 0.3) is 0 Å². The monoisotopic (exact) mass is 235 g/mol. The van der Waals surface area contributed by atoms with Crippen LogP contribution in [-0.4, -0.2) is 11.3 Å². The molecule has 0 atom stereocenters. The van der Waals surface area contributed by atoms with Crippen LogP contribution in [0.3, 0.4) is 0 Å². The Morgan fingerprint density at radius 1 is 1.38 bits per heavy atom. The quantitative estimate of drug-likeness (QED) is 0.817. The Labute approximate surface area is 103 Å². The molecule has 16 heavy (non-hydrogen) atoms. The maximum Gasteiger partial charge on any atom is 0.0345 e. The number of anilines is 1. The van der Waals surface area contributed by atoms with Gasteiger partial charge in [-0.15, -0.1) is 0 Å². The molecule has 88 valence electrons. The highest BCUT2D eigenvalue weighted by Gasteiger charge is 2.16. The molecule has 1 aliphatic carbocycles. The van der Waals surface area contributed by atoms with Gasteiger partial charge in [0.25, 0.3) is 0 Å². The van der Waals surface area contributed by atoms with Gasteiger partial charge in [-0.2, -0.15) is 11.8 Å². The van der Waals surface area contributed by atoms with Gasteiger partial charge in [-0.25, -0.2) is 0 Å². The summed E-state index contributed by atoms with van der Waals surface area (Å²) >= 11 is 2.00. The predicted octanol–water partition coefficient (Wildman–Crippen LogP) is 4.29. The summed E-state index contributed by atoms with van der Waals surface area (Å²) in [5, 5.41) is 4.31. The van der Waals surface area contributed by atoms with E-state index in [9.17, 15) is 0 Å². The van der Waals surface area contributed by atoms with E-state index in [2.05, 4.69) is 43.4 Å². The summed E-state index contributed by atoms with van der Waals surface area (Å²) in [6.45, 7) is 4.50. The average Bonchev–Trinajstić information content (AvgIpc) is 2.21. The summed E-state index contributed by atoms with van der Waals surface area (Å²) in [5.41, 5.74) is 2.73. The Morgan fingerprint density at radius 3 is 2.81 bits per heavy atom. The van der Waals surface area contributed by atoms with Crippen LogP contribution in [-0.2, 0) is 5.75 Å². The summed E-state index contributed by atoms with van der Waals surface area (Å²) in [6.07, 6.45) is 4.07. The van der Waals surface area contributed by atoms with Crippen LogP contribution in [0, 0.1) is 0 Å². The number of rotatable bonds is 5. The predicted molar refractivity (Wildman–Crippen MR) is 74.1 cm³/mol. The Bertz CT molecular complexity index is 331. The maximum atomic E-state index is 3.60. The molecule has 1 N–H and O–H groups in total. The molecule has 0 aromatic heterocycles. The third-order valence-electron chi connectivity index (χ3n) is 2.99. The normalized spacial score (nSPS) is 16.2. The van der Waals surface area contributed by atoms with E-state index in [4.69, 9.17) is 0 Å². The molecule has 0 unspecified atom stereocenters. The van der Waals surface area contributed by atoms with Crippen molar-refractivity contribution in [2.45, 2.75) is 50.2 Å². The standard InChI is InChI=1S/C14H21NS/c1-11(2)16-10-12-5-3-8-14(9-12)15-13-6-4-7-13/h3,5,8-9,11,13,15H,4,6-7,10H2,1-2H3. The molecule has 1 aromatic rings. The topological polar surface area (TPSA) is 12.0 Å². The van der Waals surface area contributed by atoms with Crippen molar-refractivity contribution in [3.63, 3.8) is 0 Å². The van der Waals surface area contributed by atoms with Gasteiger partial charge in [0.2, 0.25) is 0 Å². The second kappa shape index (κ2) is 5.62. The Hall–Kier alpha value is -0.630. The van der Waals surface area contributed by atoms with E-state index in [-0.39, 0.29) is 0 Å². The fraction of sp³-hybridized carbons (Fsp3) is 0.571. The minimum Gasteiger partial charge on any atom is -0.382 e. The highest BCUT2D eigenvalue weighted by molar-refractivity contribution is 7.99. The molecule has 0 heterocycles. The van der Waals surface area contributed by atoms with Crippen molar-refractivity contribution in [3.8, 4) is 0 Å². The maximum absolute atomic E-state index is 3.60. The van der Waals surface area contributed by atoms with Crippen LogP contribution < -0.4 is 5.32 Å². The Kier molecular flexibility index (Phi) is 4.16. The molecule has 2 heteroatoms. The molecule has 2 rings (SSSR count). The van der Waals surface area contributed by atoms with Crippen LogP contribution in [0.2, 0.25) is 0 Å². The molecule has 1 fully saturated rings. The van der Waals surface area contributed by atoms with Gasteiger partial charge in [0, 0.05) is 17.5 Å². The smallest absolute Gasteiger partial charge is 0.0345 e. The Morgan fingerprint density at radius 2 is 2.19 bits per heavy atom. The largest absolute Gasteiger partial charge is 0.382 e. The lowest BCUT2D eigenvalue weighted by molar-refractivity contribution is 0.445. The van der Waals surface area contributed by atoms with Gasteiger partial charge in [0.1, 0.15) is 0 Å². The van der Waals surface area contributed by atoms with Crippen molar-refractivity contribution in [2.75, 3.05) is 5.32 Å². The van der Waals surface area contributed by atoms with Gasteiger partial charge in [0.05, 0.1) is 0 Å². The van der Waals surface area contributed by atoms with E-state index in [1.165, 1.54) is 30.5 Å². The second-order valence-corrected chi connectivity index (χ2v) is 6.40. The van der Waals surface area contributed by atoms with Crippen molar-refractivity contribution < 1.29 is 0 Å². The first-order chi connectivity index (χ1) is 7.74. The molecule has 0 spiro atoms. The van der Waals surface area contributed by atoms with Gasteiger partial charge in [-0.05, 0) is 42.2 Å². The lowest BCUT2D eigenvalue weighted by atomic mass is 9.93. The number of hydrogen-bond donors (Lipinski definition) is 1. The zero-order valence-electron chi connectivity index (χ0n) is 10.2. The minimum absolute atomic E-state index is 0.711. The molecule has 0 bridgehead atoms. The van der Waals surface area contributed by atoms with Gasteiger partial charge in [-0.1, -0.05) is 26.0 Å². The van der Waals surface area contributed by atoms with Gasteiger partial charge < -0.3 is 5.32 Å². The highest BCUT2D eigenvalue weighted by atomic mass is 32.2. The SMILES string of the molecule is CC(C)SCc1cccc(NC2CCC2)c1. The lowest BCUT2D eigenvalue weighted by Crippen LogP contribution is -2.26. The molecule has 1 aromatic carbocycles. The van der Waals surface area contributed by atoms with Crippen molar-refractivity contribution in [1.29, 1.82) is 0 Å². The van der Waals surface area contributed by atoms with Crippen molar-refractivity contribution >= 4 is 17.4 Å². The summed E-state index contributed by atoms with van der Waals surface area (Å²) in [5.74, 6) is 1.12. The average molecular weight is 235 g/mol. The van der Waals surface area contributed by atoms with Crippen LogP contribution in [0.4, 0.5) is 5.69 Å². The Balaban J connectivity index is 1.90. The first-order valence-electron chi connectivity index (χ1n) is 6.21. The third-order valence-corrected chi connectivity index (χ3v) is 4.15. The van der Waals surface area contributed by atoms with Crippen LogP contribution in [0.1, 0.15) is 38.7 Å². The zero-order valence-corrected chi connectivity index (χ0v) is 11.0. The molecule has 1 aliphatic rings. The molecule has 0 amide bonds. The number of nitrogens with one attached hydrogen (secondary N) is 1. The van der Waals surface area contributed by atoms with Gasteiger partial charge >= 0.3 is 0 Å². The minimum atomic E-state index is 0.711. The summed E-state index contributed by atoms with van der Waals surface area (Å²) in [7, 11) is 0. The van der Waals surface area contributed by atoms with Gasteiger partial charge in [0.15, 0.2) is 0 Å². The van der Waals surface area contributed by atoms with E-state index in [1.807, 2.05) is 11.8 Å². The third kappa shape index (κ3) is 3.44. The van der Waals surface area contributed by atoms with E-state index < -0.39 is 0 Å². The molecule has 0 saturated heterocycles. The molecule has 1 nitrogen and oxygen atoms in total. The summed E-state index contributed by atoms with van der Waals surface area (Å²) in [4.78, 5) is 0. The lowest BCUT2D eigenvalue weighted by Gasteiger charge is -2.27. The van der Waals surface area contributed by atoms with E-state index in [1.54, 1.807) is 0 Å². The highest BCUT2D eigenvalue weighted by Crippen LogP contribution is 2.25. The summed E-state index contributed by atoms with van der Waals surface area (Å²) < 4.78 is 0. The fourth-order valence-corrected chi connectivity index (χ4v) is 2.51. The summed E-state index contributed by atoms with van der Waals surface area (Å²) in [6, 6.07) is 9.60. The van der Waals surface area contributed by atoms with Gasteiger partial charge in [-0.3, -0.25) is 0 Å². The van der Waals surface area contributed by atoms with E-state index in [0.717, 1.165) is 11.8 Å². The molecule has 0 aliphatic heterocycles. The van der Waals surface area contributed by atoms with E-state index >= 15 is 0 Å². The zero-order chi connectivity index (χ0) is 11.4. The van der Waals surface area contributed by atoms with E-state index in [0.29, 0.717) is 5.25 Å². The van der Waals surface area contributed by atoms with Crippen molar-refractivity contribution in [3.05, 3.63) is 29.8 Å². The molecular weight excluding hydrogens is 214 g/mol.